The number of aryl methyl sites for hydroxylation is 1. The molecule has 0 unspecified atom stereocenters. The van der Waals surface area contributed by atoms with Gasteiger partial charge in [0.05, 0.1) is 28.8 Å². The number of thiazole rings is 1. The number of nitrogens with one attached hydrogen (secondary N) is 1. The molecule has 0 spiro atoms. The Labute approximate surface area is 229 Å². The van der Waals surface area contributed by atoms with Gasteiger partial charge < -0.3 is 15.1 Å². The lowest BCUT2D eigenvalue weighted by molar-refractivity contribution is -0.137. The normalized spacial score (nSPS) is 23.3. The summed E-state index contributed by atoms with van der Waals surface area (Å²) in [5.74, 6) is 3.20. The molecule has 9 nitrogen and oxygen atoms in total. The number of carbonyl (C=O) groups excluding carboxylic acids is 1. The van der Waals surface area contributed by atoms with Gasteiger partial charge in [0.15, 0.2) is 5.65 Å². The first-order valence-corrected chi connectivity index (χ1v) is 15.4. The Morgan fingerprint density at radius 1 is 1.03 bits per heavy atom. The van der Waals surface area contributed by atoms with Crippen molar-refractivity contribution in [1.82, 2.24) is 34.9 Å². The van der Waals surface area contributed by atoms with Crippen LogP contribution in [0.15, 0.2) is 17.9 Å². The second-order valence-electron chi connectivity index (χ2n) is 11.2. The van der Waals surface area contributed by atoms with Gasteiger partial charge in [-0.1, -0.05) is 6.92 Å². The minimum atomic E-state index is 0.215. The van der Waals surface area contributed by atoms with E-state index in [9.17, 15) is 4.79 Å². The molecule has 10 heteroatoms. The maximum absolute atomic E-state index is 13.4. The standard InChI is InChI=1S/C28H40N8OS/c1-2-3-25-33-23(18-38-25)17-36-27-24(16-32-36)26(30-19-31-27)34-12-14-35(15-13-34)28(37)22-6-4-20(5-7-22)21-8-10-29-11-9-21/h16,18-22,29H,2-15,17H2,1H3. The molecule has 5 heterocycles. The molecule has 38 heavy (non-hydrogen) atoms. The molecule has 1 N–H and O–H groups in total. The van der Waals surface area contributed by atoms with Crippen molar-refractivity contribution in [3.05, 3.63) is 28.6 Å². The van der Waals surface area contributed by atoms with Gasteiger partial charge in [0, 0.05) is 37.5 Å². The van der Waals surface area contributed by atoms with E-state index in [1.165, 1.54) is 43.8 Å². The van der Waals surface area contributed by atoms with Gasteiger partial charge in [0.2, 0.25) is 5.91 Å². The van der Waals surface area contributed by atoms with Crippen molar-refractivity contribution in [1.29, 1.82) is 0 Å². The Morgan fingerprint density at radius 3 is 2.55 bits per heavy atom. The van der Waals surface area contributed by atoms with Crippen molar-refractivity contribution >= 4 is 34.1 Å². The number of carbonyl (C=O) groups is 1. The fourth-order valence-electron chi connectivity index (χ4n) is 6.70. The van der Waals surface area contributed by atoms with E-state index in [0.29, 0.717) is 12.5 Å². The molecule has 0 atom stereocenters. The molecule has 6 rings (SSSR count). The number of piperazine rings is 1. The van der Waals surface area contributed by atoms with Crippen LogP contribution in [-0.4, -0.2) is 74.8 Å². The average molecular weight is 537 g/mol. The lowest BCUT2D eigenvalue weighted by Gasteiger charge is -2.40. The zero-order valence-electron chi connectivity index (χ0n) is 22.5. The monoisotopic (exact) mass is 536 g/mol. The quantitative estimate of drug-likeness (QED) is 0.492. The summed E-state index contributed by atoms with van der Waals surface area (Å²) in [6, 6.07) is 0. The fourth-order valence-corrected chi connectivity index (χ4v) is 7.59. The van der Waals surface area contributed by atoms with Crippen LogP contribution in [0.5, 0.6) is 0 Å². The van der Waals surface area contributed by atoms with Crippen LogP contribution in [0.1, 0.15) is 62.6 Å². The molecule has 3 fully saturated rings. The molecule has 3 aromatic heterocycles. The Bertz CT molecular complexity index is 1220. The van der Waals surface area contributed by atoms with Crippen LogP contribution in [0.2, 0.25) is 0 Å². The molecule has 1 amide bonds. The molecule has 1 saturated carbocycles. The van der Waals surface area contributed by atoms with E-state index in [4.69, 9.17) is 4.98 Å². The third kappa shape index (κ3) is 5.43. The second kappa shape index (κ2) is 11.7. The van der Waals surface area contributed by atoms with Gasteiger partial charge in [0.1, 0.15) is 12.1 Å². The first-order valence-electron chi connectivity index (χ1n) is 14.5. The van der Waals surface area contributed by atoms with Gasteiger partial charge >= 0.3 is 0 Å². The summed E-state index contributed by atoms with van der Waals surface area (Å²) in [7, 11) is 0. The number of aromatic nitrogens is 5. The van der Waals surface area contributed by atoms with Gasteiger partial charge in [-0.3, -0.25) is 4.79 Å². The Morgan fingerprint density at radius 2 is 1.79 bits per heavy atom. The third-order valence-corrected chi connectivity index (χ3v) is 9.81. The van der Waals surface area contributed by atoms with Crippen LogP contribution in [0, 0.1) is 17.8 Å². The maximum Gasteiger partial charge on any atom is 0.225 e. The van der Waals surface area contributed by atoms with E-state index >= 15 is 0 Å². The minimum Gasteiger partial charge on any atom is -0.352 e. The van der Waals surface area contributed by atoms with E-state index in [-0.39, 0.29) is 5.92 Å². The molecule has 0 radical (unpaired) electrons. The second-order valence-corrected chi connectivity index (χ2v) is 12.2. The SMILES string of the molecule is CCCc1nc(Cn2ncc3c(N4CCN(C(=O)C5CCC(C6CCNCC6)CC5)CC4)ncnc32)cs1. The summed E-state index contributed by atoms with van der Waals surface area (Å²) in [5, 5.41) is 12.4. The molecule has 0 aromatic carbocycles. The number of anilines is 1. The maximum atomic E-state index is 13.4. The van der Waals surface area contributed by atoms with Crippen molar-refractivity contribution < 1.29 is 4.79 Å². The van der Waals surface area contributed by atoms with Crippen LogP contribution in [-0.2, 0) is 17.8 Å². The summed E-state index contributed by atoms with van der Waals surface area (Å²) < 4.78 is 1.92. The smallest absolute Gasteiger partial charge is 0.225 e. The first kappa shape index (κ1) is 25.7. The highest BCUT2D eigenvalue weighted by Crippen LogP contribution is 2.37. The van der Waals surface area contributed by atoms with Crippen molar-refractivity contribution in [2.75, 3.05) is 44.2 Å². The number of rotatable bonds is 7. The molecular weight excluding hydrogens is 496 g/mol. The summed E-state index contributed by atoms with van der Waals surface area (Å²) in [4.78, 5) is 31.7. The largest absolute Gasteiger partial charge is 0.352 e. The fraction of sp³-hybridized carbons (Fsp3) is 0.679. The first-order chi connectivity index (χ1) is 18.7. The highest BCUT2D eigenvalue weighted by Gasteiger charge is 2.34. The molecule has 2 saturated heterocycles. The van der Waals surface area contributed by atoms with Crippen molar-refractivity contribution in [3.63, 3.8) is 0 Å². The number of nitrogens with zero attached hydrogens (tertiary/aromatic N) is 7. The van der Waals surface area contributed by atoms with Gasteiger partial charge in [-0.15, -0.1) is 11.3 Å². The minimum absolute atomic E-state index is 0.215. The van der Waals surface area contributed by atoms with Crippen molar-refractivity contribution in [2.45, 2.75) is 64.8 Å². The Hall–Kier alpha value is -2.59. The van der Waals surface area contributed by atoms with E-state index in [0.717, 1.165) is 86.2 Å². The third-order valence-electron chi connectivity index (χ3n) is 8.85. The van der Waals surface area contributed by atoms with E-state index < -0.39 is 0 Å². The van der Waals surface area contributed by atoms with Gasteiger partial charge in [0.25, 0.3) is 0 Å². The van der Waals surface area contributed by atoms with Crippen molar-refractivity contribution in [3.8, 4) is 0 Å². The van der Waals surface area contributed by atoms with Crippen LogP contribution in [0.25, 0.3) is 11.0 Å². The number of hydrogen-bond donors (Lipinski definition) is 1. The summed E-state index contributed by atoms with van der Waals surface area (Å²) in [6.07, 6.45) is 12.8. The molecule has 0 bridgehead atoms. The van der Waals surface area contributed by atoms with Gasteiger partial charge in [-0.25, -0.2) is 19.6 Å². The average Bonchev–Trinajstić information content (AvgIpc) is 3.60. The molecule has 204 valence electrons. The Kier molecular flexibility index (Phi) is 7.87. The molecule has 3 aliphatic rings. The molecular formula is C28H40N8OS. The zero-order valence-corrected chi connectivity index (χ0v) is 23.3. The predicted octanol–water partition coefficient (Wildman–Crippen LogP) is 3.74. The molecule has 1 aliphatic carbocycles. The Balaban J connectivity index is 1.05. The van der Waals surface area contributed by atoms with E-state index in [2.05, 4.69) is 42.5 Å². The van der Waals surface area contributed by atoms with E-state index in [1.54, 1.807) is 17.7 Å². The van der Waals surface area contributed by atoms with Crippen molar-refractivity contribution in [2.24, 2.45) is 17.8 Å². The number of fused-ring (bicyclic) bond motifs is 1. The number of amides is 1. The van der Waals surface area contributed by atoms with Crippen LogP contribution in [0.4, 0.5) is 5.82 Å². The summed E-state index contributed by atoms with van der Waals surface area (Å²) >= 11 is 1.72. The molecule has 2 aliphatic heterocycles. The highest BCUT2D eigenvalue weighted by molar-refractivity contribution is 7.09. The van der Waals surface area contributed by atoms with Crippen LogP contribution < -0.4 is 10.2 Å². The summed E-state index contributed by atoms with van der Waals surface area (Å²) in [5.41, 5.74) is 1.87. The summed E-state index contributed by atoms with van der Waals surface area (Å²) in [6.45, 7) is 8.22. The van der Waals surface area contributed by atoms with E-state index in [1.807, 2.05) is 10.9 Å². The molecule has 3 aromatic rings. The number of hydrogen-bond acceptors (Lipinski definition) is 8. The number of piperidine rings is 1. The highest BCUT2D eigenvalue weighted by atomic mass is 32.1. The van der Waals surface area contributed by atoms with Crippen LogP contribution >= 0.6 is 11.3 Å². The zero-order chi connectivity index (χ0) is 25.9. The van der Waals surface area contributed by atoms with Gasteiger partial charge in [-0.05, 0) is 76.3 Å². The van der Waals surface area contributed by atoms with Crippen LogP contribution in [0.3, 0.4) is 0 Å². The lowest BCUT2D eigenvalue weighted by Crippen LogP contribution is -2.51. The predicted molar refractivity (Wildman–Crippen MR) is 150 cm³/mol. The van der Waals surface area contributed by atoms with Gasteiger partial charge in [-0.2, -0.15) is 5.10 Å². The lowest BCUT2D eigenvalue weighted by atomic mass is 9.72. The topological polar surface area (TPSA) is 92.1 Å².